The van der Waals surface area contributed by atoms with Gasteiger partial charge in [0.1, 0.15) is 0 Å². The number of Topliss-reactive ketones (excluding diaryl/α,β-unsaturated/α-hetero) is 2. The third kappa shape index (κ3) is 5.55. The fourth-order valence-corrected chi connectivity index (χ4v) is 0.275. The Balaban J connectivity index is 0. The summed E-state index contributed by atoms with van der Waals surface area (Å²) in [6.07, 6.45) is 1.58. The molecule has 0 aromatic heterocycles. The second-order valence-corrected chi connectivity index (χ2v) is 1.47. The van der Waals surface area contributed by atoms with Crippen LogP contribution in [0.25, 0.3) is 0 Å². The number of carbonyl (C=O) groups excluding carboxylic acids is 2. The summed E-state index contributed by atoms with van der Waals surface area (Å²) >= 11 is 0. The van der Waals surface area contributed by atoms with Gasteiger partial charge in [-0.25, -0.2) is 0 Å². The summed E-state index contributed by atoms with van der Waals surface area (Å²) in [6.45, 7) is 4.57. The third-order valence-corrected chi connectivity index (χ3v) is 0.722. The molecule has 9 heavy (non-hydrogen) atoms. The molecule has 0 unspecified atom stereocenters. The molecule has 0 rings (SSSR count). The first-order chi connectivity index (χ1) is 3.68. The molecule has 0 amide bonds. The molecule has 0 heterocycles. The fourth-order valence-electron chi connectivity index (χ4n) is 0.275. The molecule has 0 saturated carbocycles. The van der Waals surface area contributed by atoms with Crippen molar-refractivity contribution in [2.24, 2.45) is 0 Å². The minimum atomic E-state index is -0.398. The van der Waals surface area contributed by atoms with E-state index in [2.05, 4.69) is 6.58 Å². The summed E-state index contributed by atoms with van der Waals surface area (Å²) in [7, 11) is 0. The molecular formula is C6H9LiO2. The molecule has 0 aromatic carbocycles. The first-order valence-corrected chi connectivity index (χ1v) is 2.33. The molecule has 0 aromatic rings. The first-order valence-electron chi connectivity index (χ1n) is 2.33. The van der Waals surface area contributed by atoms with E-state index in [0.717, 1.165) is 0 Å². The van der Waals surface area contributed by atoms with Gasteiger partial charge in [-0.1, -0.05) is 6.08 Å². The van der Waals surface area contributed by atoms with Crippen molar-refractivity contribution >= 4 is 30.4 Å². The van der Waals surface area contributed by atoms with Crippen LogP contribution in [0.5, 0.6) is 0 Å². The van der Waals surface area contributed by atoms with Gasteiger partial charge >= 0.3 is 18.9 Å². The topological polar surface area (TPSA) is 34.1 Å². The van der Waals surface area contributed by atoms with E-state index in [1.165, 1.54) is 13.0 Å². The first kappa shape index (κ1) is 11.5. The van der Waals surface area contributed by atoms with Gasteiger partial charge in [0.2, 0.25) is 5.78 Å². The molecule has 0 N–H and O–H groups in total. The summed E-state index contributed by atoms with van der Waals surface area (Å²) in [5.74, 6) is -0.773. The zero-order valence-electron chi connectivity index (χ0n) is 4.81. The monoisotopic (exact) mass is 120 g/mol. The van der Waals surface area contributed by atoms with E-state index in [0.29, 0.717) is 0 Å². The van der Waals surface area contributed by atoms with Crippen LogP contribution in [-0.4, -0.2) is 30.4 Å². The SMILES string of the molecule is C=CCC(=O)C(C)=O.[LiH]. The van der Waals surface area contributed by atoms with Crippen LogP contribution in [0.2, 0.25) is 0 Å². The number of allylic oxidation sites excluding steroid dienone is 1. The molecule has 3 heteroatoms. The second-order valence-electron chi connectivity index (χ2n) is 1.47. The van der Waals surface area contributed by atoms with Crippen molar-refractivity contribution in [3.05, 3.63) is 12.7 Å². The molecule has 0 atom stereocenters. The standard InChI is InChI=1S/C6H8O2.Li.H/c1-3-4-6(8)5(2)7;;/h3H,1,4H2,2H3;;. The maximum absolute atomic E-state index is 10.3. The predicted molar refractivity (Wildman–Crippen MR) is 37.7 cm³/mol. The van der Waals surface area contributed by atoms with Crippen LogP contribution in [0.4, 0.5) is 0 Å². The van der Waals surface area contributed by atoms with Crippen LogP contribution < -0.4 is 0 Å². The second kappa shape index (κ2) is 5.81. The van der Waals surface area contributed by atoms with Crippen LogP contribution in [0, 0.1) is 0 Å². The summed E-state index contributed by atoms with van der Waals surface area (Å²) in [5.41, 5.74) is 0. The van der Waals surface area contributed by atoms with Crippen LogP contribution in [0.15, 0.2) is 12.7 Å². The number of hydrogen-bond acceptors (Lipinski definition) is 2. The number of carbonyl (C=O) groups is 2. The molecule has 0 aliphatic rings. The molecule has 0 bridgehead atoms. The van der Waals surface area contributed by atoms with Crippen LogP contribution in [0.3, 0.4) is 0 Å². The van der Waals surface area contributed by atoms with Gasteiger partial charge in [-0.05, 0) is 0 Å². The van der Waals surface area contributed by atoms with Crippen LogP contribution in [-0.2, 0) is 9.59 Å². The Morgan fingerprint density at radius 2 is 2.00 bits per heavy atom. The van der Waals surface area contributed by atoms with Crippen LogP contribution >= 0.6 is 0 Å². The average molecular weight is 120 g/mol. The van der Waals surface area contributed by atoms with Gasteiger partial charge in [-0.2, -0.15) is 0 Å². The number of rotatable bonds is 3. The van der Waals surface area contributed by atoms with Gasteiger partial charge in [0, 0.05) is 13.3 Å². The summed E-state index contributed by atoms with van der Waals surface area (Å²) in [6, 6.07) is 0. The molecule has 0 spiro atoms. The Labute approximate surface area is 66.5 Å². The molecule has 0 aliphatic heterocycles. The van der Waals surface area contributed by atoms with E-state index in [-0.39, 0.29) is 31.1 Å². The Bertz CT molecular complexity index is 129. The van der Waals surface area contributed by atoms with E-state index >= 15 is 0 Å². The normalized spacial score (nSPS) is 7.22. The van der Waals surface area contributed by atoms with Crippen LogP contribution in [0.1, 0.15) is 13.3 Å². The zero-order valence-corrected chi connectivity index (χ0v) is 4.81. The molecular weight excluding hydrogens is 111 g/mol. The summed E-state index contributed by atoms with van der Waals surface area (Å²) in [4.78, 5) is 20.5. The van der Waals surface area contributed by atoms with Crippen molar-refractivity contribution in [1.82, 2.24) is 0 Å². The van der Waals surface area contributed by atoms with E-state index < -0.39 is 5.78 Å². The van der Waals surface area contributed by atoms with Gasteiger partial charge in [0.15, 0.2) is 5.78 Å². The summed E-state index contributed by atoms with van der Waals surface area (Å²) < 4.78 is 0. The zero-order chi connectivity index (χ0) is 6.57. The Morgan fingerprint density at radius 3 is 2.11 bits per heavy atom. The number of ketones is 2. The van der Waals surface area contributed by atoms with E-state index in [1.54, 1.807) is 0 Å². The Kier molecular flexibility index (Phi) is 7.40. The average Bonchev–Trinajstić information content (AvgIpc) is 1.67. The molecule has 0 fully saturated rings. The molecule has 46 valence electrons. The Hall–Kier alpha value is -0.323. The fraction of sp³-hybridized carbons (Fsp3) is 0.333. The van der Waals surface area contributed by atoms with E-state index in [1.807, 2.05) is 0 Å². The van der Waals surface area contributed by atoms with E-state index in [9.17, 15) is 9.59 Å². The molecule has 0 aliphatic carbocycles. The number of hydrogen-bond donors (Lipinski definition) is 0. The third-order valence-electron chi connectivity index (χ3n) is 0.722. The maximum atomic E-state index is 10.3. The Morgan fingerprint density at radius 1 is 1.56 bits per heavy atom. The molecule has 2 nitrogen and oxygen atoms in total. The van der Waals surface area contributed by atoms with Gasteiger partial charge in [0.05, 0.1) is 0 Å². The van der Waals surface area contributed by atoms with Gasteiger partial charge in [0.25, 0.3) is 0 Å². The van der Waals surface area contributed by atoms with Crippen molar-refractivity contribution < 1.29 is 9.59 Å². The summed E-state index contributed by atoms with van der Waals surface area (Å²) in [5, 5.41) is 0. The van der Waals surface area contributed by atoms with Crippen molar-refractivity contribution in [3.63, 3.8) is 0 Å². The quantitative estimate of drug-likeness (QED) is 0.300. The predicted octanol–water partition coefficient (Wildman–Crippen LogP) is 0.0721. The van der Waals surface area contributed by atoms with Crippen molar-refractivity contribution in [2.45, 2.75) is 13.3 Å². The van der Waals surface area contributed by atoms with Crippen molar-refractivity contribution in [2.75, 3.05) is 0 Å². The van der Waals surface area contributed by atoms with Crippen molar-refractivity contribution in [1.29, 1.82) is 0 Å². The molecule has 0 radical (unpaired) electrons. The molecule has 0 saturated heterocycles. The van der Waals surface area contributed by atoms with Gasteiger partial charge < -0.3 is 0 Å². The van der Waals surface area contributed by atoms with E-state index in [4.69, 9.17) is 0 Å². The minimum absolute atomic E-state index is 0. The van der Waals surface area contributed by atoms with Gasteiger partial charge in [-0.3, -0.25) is 9.59 Å². The van der Waals surface area contributed by atoms with Crippen molar-refractivity contribution in [3.8, 4) is 0 Å². The van der Waals surface area contributed by atoms with Gasteiger partial charge in [-0.15, -0.1) is 6.58 Å².